The number of nitrogens with one attached hydrogen (secondary N) is 3. The van der Waals surface area contributed by atoms with Crippen LogP contribution >= 0.6 is 0 Å². The van der Waals surface area contributed by atoms with E-state index in [0.717, 1.165) is 6.54 Å². The van der Waals surface area contributed by atoms with Crippen LogP contribution < -0.4 is 16.0 Å². The van der Waals surface area contributed by atoms with E-state index >= 15 is 0 Å². The summed E-state index contributed by atoms with van der Waals surface area (Å²) < 4.78 is 0. The monoisotopic (exact) mass is 131 g/mol. The van der Waals surface area contributed by atoms with Gasteiger partial charge in [0.1, 0.15) is 0 Å². The molecule has 2 amide bonds. The van der Waals surface area contributed by atoms with Crippen LogP contribution in [0.4, 0.5) is 4.79 Å². The lowest BCUT2D eigenvalue weighted by atomic mass is 10.7. The molecule has 0 aliphatic heterocycles. The summed E-state index contributed by atoms with van der Waals surface area (Å²) in [6.07, 6.45) is 0. The maximum atomic E-state index is 10.4. The first-order chi connectivity index (χ1) is 4.31. The Morgan fingerprint density at radius 2 is 2.22 bits per heavy atom. The fourth-order valence-corrected chi connectivity index (χ4v) is 0.356. The highest BCUT2D eigenvalue weighted by Gasteiger charge is 1.89. The van der Waals surface area contributed by atoms with Gasteiger partial charge < -0.3 is 16.0 Å². The Balaban J connectivity index is 2.97. The second-order valence-corrected chi connectivity index (χ2v) is 1.54. The van der Waals surface area contributed by atoms with E-state index in [1.54, 1.807) is 7.05 Å². The minimum absolute atomic E-state index is 0.157. The van der Waals surface area contributed by atoms with Crippen molar-refractivity contribution in [3.63, 3.8) is 0 Å². The molecular weight excluding hydrogens is 118 g/mol. The summed E-state index contributed by atoms with van der Waals surface area (Å²) in [6.45, 7) is 3.37. The molecule has 4 nitrogen and oxygen atoms in total. The van der Waals surface area contributed by atoms with E-state index in [4.69, 9.17) is 0 Å². The predicted octanol–water partition coefficient (Wildman–Crippen LogP) is -0.518. The Bertz CT molecular complexity index is 84.3. The van der Waals surface area contributed by atoms with Crippen molar-refractivity contribution < 1.29 is 4.79 Å². The lowest BCUT2D eigenvalue weighted by Gasteiger charge is -2.02. The molecule has 0 rings (SSSR count). The van der Waals surface area contributed by atoms with Gasteiger partial charge in [-0.3, -0.25) is 0 Å². The first-order valence-electron chi connectivity index (χ1n) is 2.97. The molecule has 0 fully saturated rings. The van der Waals surface area contributed by atoms with Gasteiger partial charge in [-0.15, -0.1) is 0 Å². The highest BCUT2D eigenvalue weighted by molar-refractivity contribution is 5.73. The number of carbonyl (C=O) groups is 1. The first-order valence-corrected chi connectivity index (χ1v) is 2.97. The van der Waals surface area contributed by atoms with Crippen molar-refractivity contribution in [2.75, 3.05) is 20.3 Å². The second kappa shape index (κ2) is 5.37. The van der Waals surface area contributed by atoms with E-state index in [0.29, 0.717) is 6.67 Å². The van der Waals surface area contributed by atoms with Crippen LogP contribution in [0.3, 0.4) is 0 Å². The Labute approximate surface area is 55.0 Å². The third-order valence-electron chi connectivity index (χ3n) is 0.851. The molecule has 0 heterocycles. The molecule has 54 valence electrons. The molecule has 0 aliphatic carbocycles. The highest BCUT2D eigenvalue weighted by atomic mass is 16.2. The van der Waals surface area contributed by atoms with Gasteiger partial charge in [-0.1, -0.05) is 6.92 Å². The van der Waals surface area contributed by atoms with Crippen LogP contribution in [0.2, 0.25) is 0 Å². The normalized spacial score (nSPS) is 8.67. The zero-order valence-corrected chi connectivity index (χ0v) is 5.82. The minimum atomic E-state index is -0.157. The van der Waals surface area contributed by atoms with Crippen molar-refractivity contribution in [2.45, 2.75) is 6.92 Å². The smallest absolute Gasteiger partial charge is 0.315 e. The molecular formula is C5H13N3O. The molecule has 0 radical (unpaired) electrons. The SMILES string of the molecule is CCNCNC(=O)NC. The third kappa shape index (κ3) is 5.10. The molecule has 9 heavy (non-hydrogen) atoms. The van der Waals surface area contributed by atoms with Crippen molar-refractivity contribution in [2.24, 2.45) is 0 Å². The van der Waals surface area contributed by atoms with Crippen LogP contribution in [0.15, 0.2) is 0 Å². The first kappa shape index (κ1) is 8.23. The number of rotatable bonds is 3. The van der Waals surface area contributed by atoms with E-state index in [2.05, 4.69) is 16.0 Å². The zero-order valence-electron chi connectivity index (χ0n) is 5.82. The van der Waals surface area contributed by atoms with E-state index in [-0.39, 0.29) is 6.03 Å². The number of amides is 2. The van der Waals surface area contributed by atoms with E-state index in [1.807, 2.05) is 6.92 Å². The molecule has 0 bridgehead atoms. The van der Waals surface area contributed by atoms with Crippen LogP contribution in [-0.4, -0.2) is 26.3 Å². The van der Waals surface area contributed by atoms with E-state index < -0.39 is 0 Å². The van der Waals surface area contributed by atoms with Crippen LogP contribution in [0.5, 0.6) is 0 Å². The van der Waals surface area contributed by atoms with Crippen molar-refractivity contribution in [3.8, 4) is 0 Å². The lowest BCUT2D eigenvalue weighted by molar-refractivity contribution is 0.242. The van der Waals surface area contributed by atoms with Gasteiger partial charge in [0.25, 0.3) is 0 Å². The average Bonchev–Trinajstić information content (AvgIpc) is 1.89. The lowest BCUT2D eigenvalue weighted by Crippen LogP contribution is -2.38. The summed E-state index contributed by atoms with van der Waals surface area (Å²) in [5.74, 6) is 0. The quantitative estimate of drug-likeness (QED) is 0.356. The largest absolute Gasteiger partial charge is 0.341 e. The molecule has 4 heteroatoms. The number of hydrogen-bond acceptors (Lipinski definition) is 2. The standard InChI is InChI=1S/C5H13N3O/c1-3-7-4-8-5(9)6-2/h7H,3-4H2,1-2H3,(H2,6,8,9). The number of carbonyl (C=O) groups excluding carboxylic acids is 1. The minimum Gasteiger partial charge on any atom is -0.341 e. The number of urea groups is 1. The molecule has 0 aromatic heterocycles. The summed E-state index contributed by atoms with van der Waals surface area (Å²) >= 11 is 0. The van der Waals surface area contributed by atoms with Gasteiger partial charge in [0.05, 0.1) is 6.67 Å². The zero-order chi connectivity index (χ0) is 7.11. The Kier molecular flexibility index (Phi) is 4.91. The molecule has 3 N–H and O–H groups in total. The highest BCUT2D eigenvalue weighted by Crippen LogP contribution is 1.56. The third-order valence-corrected chi connectivity index (χ3v) is 0.851. The molecule has 0 saturated carbocycles. The molecule has 0 spiro atoms. The van der Waals surface area contributed by atoms with Crippen LogP contribution in [0, 0.1) is 0 Å². The van der Waals surface area contributed by atoms with Gasteiger partial charge >= 0.3 is 6.03 Å². The van der Waals surface area contributed by atoms with Gasteiger partial charge in [0.2, 0.25) is 0 Å². The predicted molar refractivity (Wildman–Crippen MR) is 36.1 cm³/mol. The van der Waals surface area contributed by atoms with Gasteiger partial charge in [0, 0.05) is 7.05 Å². The van der Waals surface area contributed by atoms with Crippen molar-refractivity contribution >= 4 is 6.03 Å². The van der Waals surface area contributed by atoms with Crippen LogP contribution in [0.1, 0.15) is 6.92 Å². The van der Waals surface area contributed by atoms with Gasteiger partial charge in [-0.25, -0.2) is 4.79 Å². The summed E-state index contributed by atoms with van der Waals surface area (Å²) in [7, 11) is 1.58. The second-order valence-electron chi connectivity index (χ2n) is 1.54. The van der Waals surface area contributed by atoms with E-state index in [9.17, 15) is 4.79 Å². The maximum Gasteiger partial charge on any atom is 0.315 e. The van der Waals surface area contributed by atoms with Crippen LogP contribution in [0.25, 0.3) is 0 Å². The van der Waals surface area contributed by atoms with Gasteiger partial charge in [-0.2, -0.15) is 0 Å². The van der Waals surface area contributed by atoms with Crippen LogP contribution in [-0.2, 0) is 0 Å². The van der Waals surface area contributed by atoms with Crippen molar-refractivity contribution in [1.82, 2.24) is 16.0 Å². The molecule has 0 atom stereocenters. The van der Waals surface area contributed by atoms with Crippen molar-refractivity contribution in [1.29, 1.82) is 0 Å². The van der Waals surface area contributed by atoms with E-state index in [1.165, 1.54) is 0 Å². The molecule has 0 aromatic rings. The maximum absolute atomic E-state index is 10.4. The summed E-state index contributed by atoms with van der Waals surface area (Å²) in [5, 5.41) is 7.95. The molecule has 0 aliphatic rings. The molecule has 0 unspecified atom stereocenters. The average molecular weight is 131 g/mol. The Morgan fingerprint density at radius 3 is 2.67 bits per heavy atom. The number of hydrogen-bond donors (Lipinski definition) is 3. The van der Waals surface area contributed by atoms with Crippen molar-refractivity contribution in [3.05, 3.63) is 0 Å². The molecule has 0 saturated heterocycles. The summed E-state index contributed by atoms with van der Waals surface area (Å²) in [5.41, 5.74) is 0. The fourth-order valence-electron chi connectivity index (χ4n) is 0.356. The summed E-state index contributed by atoms with van der Waals surface area (Å²) in [6, 6.07) is -0.157. The topological polar surface area (TPSA) is 53.2 Å². The molecule has 0 aromatic carbocycles. The summed E-state index contributed by atoms with van der Waals surface area (Å²) in [4.78, 5) is 10.4. The Morgan fingerprint density at radius 1 is 1.56 bits per heavy atom. The van der Waals surface area contributed by atoms with Gasteiger partial charge in [-0.05, 0) is 6.54 Å². The fraction of sp³-hybridized carbons (Fsp3) is 0.800. The van der Waals surface area contributed by atoms with Gasteiger partial charge in [0.15, 0.2) is 0 Å². The Hall–Kier alpha value is -0.770.